The van der Waals surface area contributed by atoms with Gasteiger partial charge in [-0.05, 0) is 17.7 Å². The molecule has 0 fully saturated rings. The Hall–Kier alpha value is -1.54. The first-order valence-corrected chi connectivity index (χ1v) is 6.16. The third kappa shape index (κ3) is 2.98. The zero-order valence-corrected chi connectivity index (χ0v) is 11.1. The van der Waals surface area contributed by atoms with Crippen molar-refractivity contribution in [3.8, 4) is 5.75 Å². The van der Waals surface area contributed by atoms with Crippen LogP contribution in [-0.2, 0) is 0 Å². The summed E-state index contributed by atoms with van der Waals surface area (Å²) in [5.41, 5.74) is 2.21. The van der Waals surface area contributed by atoms with Crippen LogP contribution in [0.4, 0.5) is 0 Å². The van der Waals surface area contributed by atoms with Gasteiger partial charge < -0.3 is 4.74 Å². The van der Waals surface area contributed by atoms with Gasteiger partial charge >= 0.3 is 0 Å². The number of hydrogen-bond acceptors (Lipinski definition) is 1. The van der Waals surface area contributed by atoms with E-state index in [1.165, 1.54) is 0 Å². The van der Waals surface area contributed by atoms with Crippen LogP contribution in [0.25, 0.3) is 10.6 Å². The van der Waals surface area contributed by atoms with E-state index in [2.05, 4.69) is 34.1 Å². The van der Waals surface area contributed by atoms with Crippen molar-refractivity contribution in [2.75, 3.05) is 7.11 Å². The van der Waals surface area contributed by atoms with Crippen LogP contribution in [0.5, 0.6) is 5.75 Å². The molecule has 0 aliphatic heterocycles. The summed E-state index contributed by atoms with van der Waals surface area (Å²) < 4.78 is 6.36. The lowest BCUT2D eigenvalue weighted by Crippen LogP contribution is -1.86. The van der Waals surface area contributed by atoms with Gasteiger partial charge in [0.25, 0.3) is 0 Å². The Morgan fingerprint density at radius 3 is 2.35 bits per heavy atom. The van der Waals surface area contributed by atoms with Crippen LogP contribution in [0.2, 0.25) is 0 Å². The second kappa shape index (κ2) is 5.69. The molecule has 0 saturated heterocycles. The first kappa shape index (κ1) is 11.9. The summed E-state index contributed by atoms with van der Waals surface area (Å²) in [6, 6.07) is 18.1. The second-order valence-corrected chi connectivity index (χ2v) is 4.45. The Bertz CT molecular complexity index is 517. The van der Waals surface area contributed by atoms with Crippen molar-refractivity contribution < 1.29 is 4.74 Å². The van der Waals surface area contributed by atoms with Crippen molar-refractivity contribution in [3.63, 3.8) is 0 Å². The topological polar surface area (TPSA) is 9.23 Å². The zero-order valence-electron chi connectivity index (χ0n) is 9.56. The minimum atomic E-state index is 0.875. The molecule has 0 atom stereocenters. The van der Waals surface area contributed by atoms with Crippen molar-refractivity contribution in [1.29, 1.82) is 0 Å². The van der Waals surface area contributed by atoms with E-state index in [1.807, 2.05) is 42.5 Å². The van der Waals surface area contributed by atoms with E-state index in [0.29, 0.717) is 0 Å². The van der Waals surface area contributed by atoms with Crippen molar-refractivity contribution in [3.05, 3.63) is 65.7 Å². The largest absolute Gasteiger partial charge is 0.496 e. The Balaban J connectivity index is 2.36. The lowest BCUT2D eigenvalue weighted by atomic mass is 10.1. The van der Waals surface area contributed by atoms with Gasteiger partial charge in [-0.2, -0.15) is 0 Å². The van der Waals surface area contributed by atoms with Gasteiger partial charge in [0.1, 0.15) is 5.75 Å². The van der Waals surface area contributed by atoms with Gasteiger partial charge in [0, 0.05) is 10.0 Å². The third-order valence-electron chi connectivity index (χ3n) is 2.47. The molecule has 0 bridgehead atoms. The fraction of sp³-hybridized carbons (Fsp3) is 0.0667. The van der Waals surface area contributed by atoms with Crippen molar-refractivity contribution in [2.24, 2.45) is 0 Å². The molecule has 2 heteroatoms. The lowest BCUT2D eigenvalue weighted by molar-refractivity contribution is 0.414. The highest BCUT2D eigenvalue weighted by Crippen LogP contribution is 2.27. The molecule has 0 spiro atoms. The monoisotopic (exact) mass is 288 g/mol. The van der Waals surface area contributed by atoms with Gasteiger partial charge in [0.05, 0.1) is 7.11 Å². The smallest absolute Gasteiger partial charge is 0.126 e. The quantitative estimate of drug-likeness (QED) is 0.751. The first-order chi connectivity index (χ1) is 8.31. The number of ether oxygens (including phenoxy) is 1. The SMILES string of the molecule is COc1ccccc1/C=C(\Br)c1ccccc1. The van der Waals surface area contributed by atoms with Crippen molar-refractivity contribution >= 4 is 26.5 Å². The molecule has 2 aromatic carbocycles. The highest BCUT2D eigenvalue weighted by Gasteiger charge is 2.01. The molecular weight excluding hydrogens is 276 g/mol. The van der Waals surface area contributed by atoms with Gasteiger partial charge in [0.2, 0.25) is 0 Å². The normalized spacial score (nSPS) is 11.3. The summed E-state index contributed by atoms with van der Waals surface area (Å²) in [7, 11) is 1.68. The Kier molecular flexibility index (Phi) is 3.99. The minimum Gasteiger partial charge on any atom is -0.496 e. The van der Waals surface area contributed by atoms with Crippen molar-refractivity contribution in [1.82, 2.24) is 0 Å². The molecule has 17 heavy (non-hydrogen) atoms. The van der Waals surface area contributed by atoms with E-state index in [1.54, 1.807) is 7.11 Å². The standard InChI is InChI=1S/C15H13BrO/c1-17-15-10-6-5-9-13(15)11-14(16)12-7-3-2-4-8-12/h2-11H,1H3/b14-11-. The van der Waals surface area contributed by atoms with Crippen LogP contribution >= 0.6 is 15.9 Å². The van der Waals surface area contributed by atoms with E-state index in [9.17, 15) is 0 Å². The molecule has 2 rings (SSSR count). The van der Waals surface area contributed by atoms with Gasteiger partial charge in [-0.25, -0.2) is 0 Å². The molecule has 0 radical (unpaired) electrons. The van der Waals surface area contributed by atoms with Crippen LogP contribution < -0.4 is 4.74 Å². The van der Waals surface area contributed by atoms with E-state index in [0.717, 1.165) is 21.4 Å². The number of rotatable bonds is 3. The molecule has 0 saturated carbocycles. The Morgan fingerprint density at radius 2 is 1.65 bits per heavy atom. The molecule has 0 amide bonds. The average molecular weight is 289 g/mol. The Labute approximate surface area is 110 Å². The summed E-state index contributed by atoms with van der Waals surface area (Å²) in [6.45, 7) is 0. The molecular formula is C15H13BrO. The molecule has 0 unspecified atom stereocenters. The van der Waals surface area contributed by atoms with Gasteiger partial charge in [-0.15, -0.1) is 0 Å². The average Bonchev–Trinajstić information content (AvgIpc) is 2.40. The summed E-state index contributed by atoms with van der Waals surface area (Å²) >= 11 is 3.59. The van der Waals surface area contributed by atoms with Crippen LogP contribution in [0.15, 0.2) is 54.6 Å². The van der Waals surface area contributed by atoms with E-state index >= 15 is 0 Å². The summed E-state index contributed by atoms with van der Waals surface area (Å²) in [5, 5.41) is 0. The van der Waals surface area contributed by atoms with E-state index in [4.69, 9.17) is 4.74 Å². The lowest BCUT2D eigenvalue weighted by Gasteiger charge is -2.05. The van der Waals surface area contributed by atoms with Crippen molar-refractivity contribution in [2.45, 2.75) is 0 Å². The van der Waals surface area contributed by atoms with Crippen LogP contribution in [-0.4, -0.2) is 7.11 Å². The van der Waals surface area contributed by atoms with Gasteiger partial charge in [-0.1, -0.05) is 64.5 Å². The van der Waals surface area contributed by atoms with Gasteiger partial charge in [-0.3, -0.25) is 0 Å². The summed E-state index contributed by atoms with van der Waals surface area (Å²) in [5.74, 6) is 0.875. The number of halogens is 1. The molecule has 0 aliphatic carbocycles. The van der Waals surface area contributed by atoms with Crippen LogP contribution in [0.1, 0.15) is 11.1 Å². The second-order valence-electron chi connectivity index (χ2n) is 3.60. The molecule has 0 N–H and O–H groups in total. The molecule has 0 aliphatic rings. The maximum absolute atomic E-state index is 5.32. The summed E-state index contributed by atoms with van der Waals surface area (Å²) in [4.78, 5) is 0. The Morgan fingerprint density at radius 1 is 1.00 bits per heavy atom. The molecule has 0 heterocycles. The number of benzene rings is 2. The predicted octanol–water partition coefficient (Wildman–Crippen LogP) is 4.59. The maximum atomic E-state index is 5.32. The first-order valence-electron chi connectivity index (χ1n) is 5.37. The highest BCUT2D eigenvalue weighted by atomic mass is 79.9. The fourth-order valence-electron chi connectivity index (χ4n) is 1.60. The third-order valence-corrected chi connectivity index (χ3v) is 3.16. The van der Waals surface area contributed by atoms with E-state index in [-0.39, 0.29) is 0 Å². The van der Waals surface area contributed by atoms with Gasteiger partial charge in [0.15, 0.2) is 0 Å². The van der Waals surface area contributed by atoms with Crippen LogP contribution in [0.3, 0.4) is 0 Å². The fourth-order valence-corrected chi connectivity index (χ4v) is 2.11. The molecule has 2 aromatic rings. The molecule has 0 aromatic heterocycles. The van der Waals surface area contributed by atoms with Crippen LogP contribution in [0, 0.1) is 0 Å². The zero-order chi connectivity index (χ0) is 12.1. The highest BCUT2D eigenvalue weighted by molar-refractivity contribution is 9.15. The number of methoxy groups -OCH3 is 1. The maximum Gasteiger partial charge on any atom is 0.126 e. The predicted molar refractivity (Wildman–Crippen MR) is 76.2 cm³/mol. The molecule has 1 nitrogen and oxygen atoms in total. The summed E-state index contributed by atoms with van der Waals surface area (Å²) in [6.07, 6.45) is 2.06. The van der Waals surface area contributed by atoms with E-state index < -0.39 is 0 Å². The number of para-hydroxylation sites is 1. The molecule has 86 valence electrons. The number of hydrogen-bond donors (Lipinski definition) is 0. The minimum absolute atomic E-state index is 0.875.